The zero-order chi connectivity index (χ0) is 26.1. The Morgan fingerprint density at radius 1 is 1.19 bits per heavy atom. The van der Waals surface area contributed by atoms with Gasteiger partial charge in [-0.2, -0.15) is 4.39 Å². The summed E-state index contributed by atoms with van der Waals surface area (Å²) in [6.07, 6.45) is 3.11. The number of nitrogens with zero attached hydrogens (tertiary/aromatic N) is 4. The maximum atomic E-state index is 14.0. The molecule has 2 aromatic carbocycles. The van der Waals surface area contributed by atoms with Crippen LogP contribution in [0.25, 0.3) is 16.7 Å². The number of hydrogen-bond donors (Lipinski definition) is 1. The van der Waals surface area contributed by atoms with Crippen LogP contribution in [0.5, 0.6) is 11.5 Å². The first kappa shape index (κ1) is 24.1. The third-order valence-corrected chi connectivity index (χ3v) is 6.37. The highest BCUT2D eigenvalue weighted by Crippen LogP contribution is 2.28. The van der Waals surface area contributed by atoms with E-state index in [0.29, 0.717) is 23.3 Å². The number of nitrogens with two attached hydrogens (primary N) is 1. The van der Waals surface area contributed by atoms with Gasteiger partial charge in [0.25, 0.3) is 5.91 Å². The molecule has 188 valence electrons. The summed E-state index contributed by atoms with van der Waals surface area (Å²) < 4.78 is 36.0. The van der Waals surface area contributed by atoms with Crippen molar-refractivity contribution in [1.82, 2.24) is 19.0 Å². The summed E-state index contributed by atoms with van der Waals surface area (Å²) in [6, 6.07) is 11.5. The van der Waals surface area contributed by atoms with Crippen molar-refractivity contribution in [3.63, 3.8) is 0 Å². The van der Waals surface area contributed by atoms with Crippen molar-refractivity contribution in [2.45, 2.75) is 32.4 Å². The number of benzene rings is 2. The van der Waals surface area contributed by atoms with Gasteiger partial charge in [-0.3, -0.25) is 13.9 Å². The molecule has 1 fully saturated rings. The van der Waals surface area contributed by atoms with Crippen LogP contribution in [0.3, 0.4) is 0 Å². The SMILES string of the molecule is CC#CC(=O)N1CCCC1Cn1c(=O)n(-c2ccc(Oc3cccc(F)c3F)cc2)c2c(N)nccc21. The number of amides is 1. The maximum absolute atomic E-state index is 14.0. The third kappa shape index (κ3) is 4.40. The fraction of sp³-hybridized carbons (Fsp3) is 0.222. The summed E-state index contributed by atoms with van der Waals surface area (Å²) in [7, 11) is 0. The molecule has 0 saturated carbocycles. The number of ether oxygens (including phenoxy) is 1. The highest BCUT2D eigenvalue weighted by molar-refractivity contribution is 5.94. The highest BCUT2D eigenvalue weighted by atomic mass is 19.2. The van der Waals surface area contributed by atoms with Gasteiger partial charge in [0.2, 0.25) is 5.82 Å². The molecule has 0 bridgehead atoms. The van der Waals surface area contributed by atoms with Crippen LogP contribution in [-0.2, 0) is 11.3 Å². The predicted molar refractivity (Wildman–Crippen MR) is 134 cm³/mol. The van der Waals surface area contributed by atoms with Crippen molar-refractivity contribution < 1.29 is 18.3 Å². The number of carbonyl (C=O) groups excluding carboxylic acids is 1. The number of anilines is 1. The van der Waals surface area contributed by atoms with Gasteiger partial charge in [-0.25, -0.2) is 14.2 Å². The Labute approximate surface area is 210 Å². The number of nitrogen functional groups attached to an aromatic ring is 1. The topological polar surface area (TPSA) is 95.4 Å². The largest absolute Gasteiger partial charge is 0.454 e. The molecule has 8 nitrogen and oxygen atoms in total. The summed E-state index contributed by atoms with van der Waals surface area (Å²) in [5.74, 6) is 3.04. The van der Waals surface area contributed by atoms with Gasteiger partial charge in [0.05, 0.1) is 17.2 Å². The van der Waals surface area contributed by atoms with E-state index in [1.54, 1.807) is 46.7 Å². The van der Waals surface area contributed by atoms with Gasteiger partial charge < -0.3 is 15.4 Å². The average molecular weight is 504 g/mol. The van der Waals surface area contributed by atoms with Crippen LogP contribution in [0.2, 0.25) is 0 Å². The van der Waals surface area contributed by atoms with Crippen LogP contribution < -0.4 is 16.2 Å². The molecule has 2 N–H and O–H groups in total. The van der Waals surface area contributed by atoms with Gasteiger partial charge >= 0.3 is 5.69 Å². The Morgan fingerprint density at radius 3 is 2.73 bits per heavy atom. The number of likely N-dealkylation sites (tertiary alicyclic amines) is 1. The molecule has 0 spiro atoms. The zero-order valence-electron chi connectivity index (χ0n) is 19.9. The summed E-state index contributed by atoms with van der Waals surface area (Å²) in [4.78, 5) is 32.0. The molecule has 2 aromatic heterocycles. The number of imidazole rings is 1. The summed E-state index contributed by atoms with van der Waals surface area (Å²) in [5, 5.41) is 0. The molecule has 1 saturated heterocycles. The van der Waals surface area contributed by atoms with Gasteiger partial charge in [-0.1, -0.05) is 12.0 Å². The minimum Gasteiger partial charge on any atom is -0.454 e. The van der Waals surface area contributed by atoms with Crippen LogP contribution in [0, 0.1) is 23.5 Å². The standard InChI is InChI=1S/C27H23F2N5O3/c1-2-5-23(35)32-15-4-6-18(32)16-33-21-13-14-31-26(30)25(21)34(27(33)36)17-9-11-19(12-10-17)37-22-8-3-7-20(28)24(22)29/h3,7-14,18H,4,6,15-16H2,1H3,(H2,30,31). The first-order valence-electron chi connectivity index (χ1n) is 11.7. The van der Waals surface area contributed by atoms with Crippen LogP contribution in [0.1, 0.15) is 19.8 Å². The zero-order valence-corrected chi connectivity index (χ0v) is 19.9. The molecule has 37 heavy (non-hydrogen) atoms. The highest BCUT2D eigenvalue weighted by Gasteiger charge is 2.30. The Bertz CT molecular complexity index is 1620. The Hall–Kier alpha value is -4.65. The van der Waals surface area contributed by atoms with Gasteiger partial charge in [-0.15, -0.1) is 0 Å². The van der Waals surface area contributed by atoms with Gasteiger partial charge in [0.1, 0.15) is 17.1 Å². The van der Waals surface area contributed by atoms with Crippen molar-refractivity contribution in [2.24, 2.45) is 0 Å². The van der Waals surface area contributed by atoms with E-state index in [0.717, 1.165) is 18.9 Å². The van der Waals surface area contributed by atoms with Crippen molar-refractivity contribution in [3.8, 4) is 29.0 Å². The third-order valence-electron chi connectivity index (χ3n) is 6.37. The van der Waals surface area contributed by atoms with Crippen LogP contribution in [-0.4, -0.2) is 37.5 Å². The molecule has 3 heterocycles. The Kier molecular flexibility index (Phi) is 6.36. The molecule has 1 atom stereocenters. The smallest absolute Gasteiger partial charge is 0.333 e. The number of fused-ring (bicyclic) bond motifs is 1. The van der Waals surface area contributed by atoms with Gasteiger partial charge in [0.15, 0.2) is 11.6 Å². The molecule has 4 aromatic rings. The molecule has 5 rings (SSSR count). The second-order valence-corrected chi connectivity index (χ2v) is 8.61. The van der Waals surface area contributed by atoms with Gasteiger partial charge in [0, 0.05) is 19.3 Å². The Morgan fingerprint density at radius 2 is 1.97 bits per heavy atom. The Balaban J connectivity index is 1.52. The molecule has 0 radical (unpaired) electrons. The van der Waals surface area contributed by atoms with E-state index >= 15 is 0 Å². The molecular formula is C27H23F2N5O3. The fourth-order valence-corrected chi connectivity index (χ4v) is 4.68. The monoisotopic (exact) mass is 503 g/mol. The number of halogens is 2. The van der Waals surface area contributed by atoms with Crippen molar-refractivity contribution in [3.05, 3.63) is 76.8 Å². The lowest BCUT2D eigenvalue weighted by molar-refractivity contribution is -0.126. The molecule has 0 aliphatic carbocycles. The quantitative estimate of drug-likeness (QED) is 0.418. The van der Waals surface area contributed by atoms with E-state index < -0.39 is 11.6 Å². The minimum atomic E-state index is -1.09. The first-order chi connectivity index (χ1) is 17.9. The summed E-state index contributed by atoms with van der Waals surface area (Å²) in [5.41, 5.74) is 7.35. The van der Waals surface area contributed by atoms with Crippen LogP contribution in [0.15, 0.2) is 59.5 Å². The molecule has 1 unspecified atom stereocenters. The molecule has 10 heteroatoms. The molecule has 1 aliphatic rings. The lowest BCUT2D eigenvalue weighted by atomic mass is 10.2. The second-order valence-electron chi connectivity index (χ2n) is 8.61. The van der Waals surface area contributed by atoms with Crippen molar-refractivity contribution >= 4 is 22.8 Å². The van der Waals surface area contributed by atoms with E-state index in [4.69, 9.17) is 10.5 Å². The van der Waals surface area contributed by atoms with Crippen LogP contribution >= 0.6 is 0 Å². The van der Waals surface area contributed by atoms with E-state index in [-0.39, 0.29) is 41.5 Å². The number of hydrogen-bond acceptors (Lipinski definition) is 5. The predicted octanol–water partition coefficient (Wildman–Crippen LogP) is 3.85. The van der Waals surface area contributed by atoms with E-state index in [9.17, 15) is 18.4 Å². The van der Waals surface area contributed by atoms with Crippen molar-refractivity contribution in [2.75, 3.05) is 12.3 Å². The lowest BCUT2D eigenvalue weighted by Gasteiger charge is -2.22. The second kappa shape index (κ2) is 9.78. The first-order valence-corrected chi connectivity index (χ1v) is 11.7. The lowest BCUT2D eigenvalue weighted by Crippen LogP contribution is -2.39. The molecule has 1 amide bonds. The maximum Gasteiger partial charge on any atom is 0.333 e. The molecular weight excluding hydrogens is 480 g/mol. The summed E-state index contributed by atoms with van der Waals surface area (Å²) >= 11 is 0. The summed E-state index contributed by atoms with van der Waals surface area (Å²) in [6.45, 7) is 2.48. The van der Waals surface area contributed by atoms with E-state index in [1.165, 1.54) is 22.9 Å². The van der Waals surface area contributed by atoms with Crippen LogP contribution in [0.4, 0.5) is 14.6 Å². The van der Waals surface area contributed by atoms with E-state index in [1.807, 2.05) is 0 Å². The number of aromatic nitrogens is 3. The van der Waals surface area contributed by atoms with E-state index in [2.05, 4.69) is 16.8 Å². The molecule has 1 aliphatic heterocycles. The number of rotatable bonds is 5. The minimum absolute atomic E-state index is 0.173. The fourth-order valence-electron chi connectivity index (χ4n) is 4.68. The normalized spacial score (nSPS) is 15.0. The van der Waals surface area contributed by atoms with Crippen molar-refractivity contribution in [1.29, 1.82) is 0 Å². The number of pyridine rings is 1. The van der Waals surface area contributed by atoms with Gasteiger partial charge in [-0.05, 0) is 68.2 Å². The average Bonchev–Trinajstić information content (AvgIpc) is 3.46. The number of carbonyl (C=O) groups is 1.